The number of carbonyl (C=O) groups is 2. The molecule has 0 saturated heterocycles. The van der Waals surface area contributed by atoms with Crippen LogP contribution in [0, 0.1) is 6.92 Å². The molecule has 1 N–H and O–H groups in total. The SMILES string of the molecule is CCOc1ccc(S(=O)(=O)N(CC(=O)N(Cc2cccc(OC)c2)C(CC)C(=O)NC2CCCCC2)c2ccc(C)cc2)cc1. The number of ether oxygens (including phenoxy) is 2. The van der Waals surface area contributed by atoms with Gasteiger partial charge in [-0.3, -0.25) is 13.9 Å². The maximum absolute atomic E-state index is 14.4. The zero-order valence-corrected chi connectivity index (χ0v) is 27.5. The van der Waals surface area contributed by atoms with E-state index in [4.69, 9.17) is 9.47 Å². The van der Waals surface area contributed by atoms with Crippen LogP contribution in [0.15, 0.2) is 77.7 Å². The number of benzene rings is 3. The summed E-state index contributed by atoms with van der Waals surface area (Å²) in [5, 5.41) is 3.18. The lowest BCUT2D eigenvalue weighted by Crippen LogP contribution is -2.54. The highest BCUT2D eigenvalue weighted by molar-refractivity contribution is 7.92. The van der Waals surface area contributed by atoms with Gasteiger partial charge in [0.15, 0.2) is 0 Å². The molecule has 0 radical (unpaired) electrons. The highest BCUT2D eigenvalue weighted by Gasteiger charge is 2.34. The molecule has 2 amide bonds. The standard InChI is InChI=1S/C35H45N3O6S/c1-5-33(35(40)36-28-12-8-7-9-13-28)37(24-27-11-10-14-31(23-27)43-4)34(39)25-38(29-17-15-26(3)16-18-29)45(41,42)32-21-19-30(20-22-32)44-6-2/h10-11,14-23,28,33H,5-9,12-13,24-25H2,1-4H3,(H,36,40). The first-order valence-electron chi connectivity index (χ1n) is 15.7. The van der Waals surface area contributed by atoms with Gasteiger partial charge in [-0.25, -0.2) is 8.42 Å². The second-order valence-corrected chi connectivity index (χ2v) is 13.3. The summed E-state index contributed by atoms with van der Waals surface area (Å²) >= 11 is 0. The molecule has 242 valence electrons. The van der Waals surface area contributed by atoms with Gasteiger partial charge in [0, 0.05) is 12.6 Å². The lowest BCUT2D eigenvalue weighted by Gasteiger charge is -2.34. The van der Waals surface area contributed by atoms with Crippen molar-refractivity contribution in [1.82, 2.24) is 10.2 Å². The minimum Gasteiger partial charge on any atom is -0.497 e. The number of carbonyl (C=O) groups excluding carboxylic acids is 2. The van der Waals surface area contributed by atoms with E-state index in [1.54, 1.807) is 43.5 Å². The molecular weight excluding hydrogens is 590 g/mol. The van der Waals surface area contributed by atoms with E-state index in [1.165, 1.54) is 17.0 Å². The molecule has 0 aliphatic heterocycles. The van der Waals surface area contributed by atoms with Crippen LogP contribution >= 0.6 is 0 Å². The fourth-order valence-corrected chi connectivity index (χ4v) is 7.09. The third-order valence-corrected chi connectivity index (χ3v) is 9.94. The molecule has 1 aliphatic carbocycles. The van der Waals surface area contributed by atoms with Crippen LogP contribution in [-0.4, -0.2) is 57.5 Å². The molecule has 3 aromatic rings. The Morgan fingerprint density at radius 1 is 0.933 bits per heavy atom. The average Bonchev–Trinajstić information content (AvgIpc) is 3.05. The first-order valence-corrected chi connectivity index (χ1v) is 17.1. The fourth-order valence-electron chi connectivity index (χ4n) is 5.67. The van der Waals surface area contributed by atoms with E-state index >= 15 is 0 Å². The van der Waals surface area contributed by atoms with Gasteiger partial charge in [-0.2, -0.15) is 0 Å². The first-order chi connectivity index (χ1) is 21.7. The van der Waals surface area contributed by atoms with Crippen molar-refractivity contribution in [2.24, 2.45) is 0 Å². The second kappa shape index (κ2) is 15.8. The molecule has 1 aliphatic rings. The largest absolute Gasteiger partial charge is 0.497 e. The van der Waals surface area contributed by atoms with Gasteiger partial charge in [-0.1, -0.05) is 56.0 Å². The van der Waals surface area contributed by atoms with Crippen molar-refractivity contribution in [1.29, 1.82) is 0 Å². The summed E-state index contributed by atoms with van der Waals surface area (Å²) in [6.45, 7) is 5.70. The quantitative estimate of drug-likeness (QED) is 0.238. The molecule has 45 heavy (non-hydrogen) atoms. The molecule has 9 nitrogen and oxygen atoms in total. The molecule has 3 aromatic carbocycles. The molecule has 1 fully saturated rings. The number of rotatable bonds is 14. The number of nitrogens with one attached hydrogen (secondary N) is 1. The summed E-state index contributed by atoms with van der Waals surface area (Å²) in [7, 11) is -2.61. The summed E-state index contributed by atoms with van der Waals surface area (Å²) in [4.78, 5) is 29.6. The number of methoxy groups -OCH3 is 1. The molecule has 0 spiro atoms. The zero-order chi connectivity index (χ0) is 32.4. The van der Waals surface area contributed by atoms with Crippen LogP contribution in [0.1, 0.15) is 63.5 Å². The number of nitrogens with zero attached hydrogens (tertiary/aromatic N) is 2. The summed E-state index contributed by atoms with van der Waals surface area (Å²) in [6.07, 6.45) is 5.46. The summed E-state index contributed by atoms with van der Waals surface area (Å²) in [5.74, 6) is 0.461. The summed E-state index contributed by atoms with van der Waals surface area (Å²) in [6, 6.07) is 19.7. The Bertz CT molecular complexity index is 1520. The van der Waals surface area contributed by atoms with Crippen molar-refractivity contribution in [3.63, 3.8) is 0 Å². The minimum absolute atomic E-state index is 0.0285. The maximum atomic E-state index is 14.4. The average molecular weight is 636 g/mol. The van der Waals surface area contributed by atoms with E-state index in [-0.39, 0.29) is 23.4 Å². The van der Waals surface area contributed by atoms with Crippen LogP contribution < -0.4 is 19.1 Å². The van der Waals surface area contributed by atoms with Gasteiger partial charge in [-0.15, -0.1) is 0 Å². The molecule has 4 rings (SSSR count). The normalized spacial score (nSPS) is 14.3. The molecule has 0 heterocycles. The predicted molar refractivity (Wildman–Crippen MR) is 176 cm³/mol. The smallest absolute Gasteiger partial charge is 0.264 e. The van der Waals surface area contributed by atoms with Gasteiger partial charge in [0.1, 0.15) is 24.1 Å². The van der Waals surface area contributed by atoms with Crippen LogP contribution in [0.4, 0.5) is 5.69 Å². The molecule has 1 unspecified atom stereocenters. The summed E-state index contributed by atoms with van der Waals surface area (Å²) < 4.78 is 40.3. The van der Waals surface area contributed by atoms with E-state index in [0.717, 1.165) is 47.5 Å². The Labute approximate surface area is 267 Å². The van der Waals surface area contributed by atoms with E-state index in [0.29, 0.717) is 30.2 Å². The van der Waals surface area contributed by atoms with Crippen LogP contribution in [0.3, 0.4) is 0 Å². The Morgan fingerprint density at radius 3 is 2.24 bits per heavy atom. The highest BCUT2D eigenvalue weighted by Crippen LogP contribution is 2.27. The molecular formula is C35H45N3O6S. The molecule has 1 saturated carbocycles. The Kier molecular flexibility index (Phi) is 11.9. The van der Waals surface area contributed by atoms with E-state index in [9.17, 15) is 18.0 Å². The third-order valence-electron chi connectivity index (χ3n) is 8.15. The molecule has 1 atom stereocenters. The van der Waals surface area contributed by atoms with Crippen molar-refractivity contribution in [3.8, 4) is 11.5 Å². The fraction of sp³-hybridized carbons (Fsp3) is 0.429. The van der Waals surface area contributed by atoms with Crippen LogP contribution in [0.5, 0.6) is 11.5 Å². The number of amides is 2. The monoisotopic (exact) mass is 635 g/mol. The number of hydrogen-bond donors (Lipinski definition) is 1. The molecule has 10 heteroatoms. The van der Waals surface area contributed by atoms with Gasteiger partial charge in [0.25, 0.3) is 10.0 Å². The van der Waals surface area contributed by atoms with Gasteiger partial charge in [0.05, 0.1) is 24.3 Å². The van der Waals surface area contributed by atoms with E-state index < -0.39 is 28.5 Å². The van der Waals surface area contributed by atoms with Crippen LogP contribution in [-0.2, 0) is 26.2 Å². The van der Waals surface area contributed by atoms with Crippen molar-refractivity contribution < 1.29 is 27.5 Å². The van der Waals surface area contributed by atoms with E-state index in [2.05, 4.69) is 5.32 Å². The van der Waals surface area contributed by atoms with Gasteiger partial charge >= 0.3 is 0 Å². The van der Waals surface area contributed by atoms with Crippen LogP contribution in [0.2, 0.25) is 0 Å². The molecule has 0 aromatic heterocycles. The van der Waals surface area contributed by atoms with Crippen molar-refractivity contribution in [2.45, 2.75) is 82.8 Å². The van der Waals surface area contributed by atoms with Crippen LogP contribution in [0.25, 0.3) is 0 Å². The Morgan fingerprint density at radius 2 is 1.62 bits per heavy atom. The maximum Gasteiger partial charge on any atom is 0.264 e. The third kappa shape index (κ3) is 8.78. The second-order valence-electron chi connectivity index (χ2n) is 11.4. The first kappa shape index (κ1) is 33.8. The number of anilines is 1. The lowest BCUT2D eigenvalue weighted by molar-refractivity contribution is -0.140. The Balaban J connectivity index is 1.70. The topological polar surface area (TPSA) is 105 Å². The van der Waals surface area contributed by atoms with Crippen molar-refractivity contribution in [3.05, 3.63) is 83.9 Å². The molecule has 0 bridgehead atoms. The van der Waals surface area contributed by atoms with E-state index in [1.807, 2.05) is 45.0 Å². The summed E-state index contributed by atoms with van der Waals surface area (Å²) in [5.41, 5.74) is 2.07. The van der Waals surface area contributed by atoms with Crippen molar-refractivity contribution >= 4 is 27.5 Å². The number of sulfonamides is 1. The van der Waals surface area contributed by atoms with Gasteiger partial charge in [0.2, 0.25) is 11.8 Å². The van der Waals surface area contributed by atoms with Gasteiger partial charge in [-0.05, 0) is 87.2 Å². The van der Waals surface area contributed by atoms with Crippen molar-refractivity contribution in [2.75, 3.05) is 24.6 Å². The lowest BCUT2D eigenvalue weighted by atomic mass is 9.95. The predicted octanol–water partition coefficient (Wildman–Crippen LogP) is 5.85. The Hall–Kier alpha value is -4.05. The minimum atomic E-state index is -4.18. The zero-order valence-electron chi connectivity index (χ0n) is 26.7. The highest BCUT2D eigenvalue weighted by atomic mass is 32.2. The van der Waals surface area contributed by atoms with Gasteiger partial charge < -0.3 is 19.7 Å². The number of aryl methyl sites for hydroxylation is 1. The number of hydrogen-bond acceptors (Lipinski definition) is 6.